The number of carbonyl (C=O) groups excluding carboxylic acids is 2. The maximum Gasteiger partial charge on any atom is 0.342 e. The fourth-order valence-corrected chi connectivity index (χ4v) is 3.57. The molecular weight excluding hydrogens is 386 g/mol. The number of fused-ring (bicyclic) bond motifs is 2. The Kier molecular flexibility index (Phi) is 4.28. The van der Waals surface area contributed by atoms with Crippen LogP contribution in [0.15, 0.2) is 66.7 Å². The van der Waals surface area contributed by atoms with Gasteiger partial charge < -0.3 is 18.9 Å². The molecule has 0 saturated heterocycles. The summed E-state index contributed by atoms with van der Waals surface area (Å²) in [5.41, 5.74) is 1.85. The minimum Gasteiger partial charge on any atom is -0.497 e. The van der Waals surface area contributed by atoms with E-state index in [9.17, 15) is 9.59 Å². The van der Waals surface area contributed by atoms with Crippen molar-refractivity contribution in [1.29, 1.82) is 0 Å². The van der Waals surface area contributed by atoms with Gasteiger partial charge in [-0.05, 0) is 54.6 Å². The van der Waals surface area contributed by atoms with Gasteiger partial charge in [0.15, 0.2) is 11.5 Å². The normalized spacial score (nSPS) is 16.6. The summed E-state index contributed by atoms with van der Waals surface area (Å²) in [5.74, 6) is 0.991. The third-order valence-electron chi connectivity index (χ3n) is 5.07. The molecule has 0 aliphatic carbocycles. The van der Waals surface area contributed by atoms with Crippen LogP contribution in [0.4, 0.5) is 5.69 Å². The van der Waals surface area contributed by atoms with E-state index in [1.807, 2.05) is 0 Å². The first-order valence-electron chi connectivity index (χ1n) is 9.33. The van der Waals surface area contributed by atoms with Crippen molar-refractivity contribution in [3.63, 3.8) is 0 Å². The third-order valence-corrected chi connectivity index (χ3v) is 5.07. The zero-order valence-corrected chi connectivity index (χ0v) is 16.0. The number of carbonyl (C=O) groups is 2. The topological polar surface area (TPSA) is 74.3 Å². The van der Waals surface area contributed by atoms with Crippen LogP contribution in [0.2, 0.25) is 0 Å². The zero-order chi connectivity index (χ0) is 20.7. The molecule has 0 spiro atoms. The van der Waals surface area contributed by atoms with Gasteiger partial charge in [-0.1, -0.05) is 12.1 Å². The Morgan fingerprint density at radius 2 is 1.77 bits per heavy atom. The van der Waals surface area contributed by atoms with Crippen LogP contribution >= 0.6 is 0 Å². The highest BCUT2D eigenvalue weighted by Crippen LogP contribution is 2.41. The van der Waals surface area contributed by atoms with Crippen molar-refractivity contribution in [1.82, 2.24) is 0 Å². The van der Waals surface area contributed by atoms with Crippen LogP contribution in [0.25, 0.3) is 0 Å². The van der Waals surface area contributed by atoms with Gasteiger partial charge in [0.1, 0.15) is 5.75 Å². The average molecular weight is 403 g/mol. The smallest absolute Gasteiger partial charge is 0.342 e. The Morgan fingerprint density at radius 3 is 2.57 bits per heavy atom. The van der Waals surface area contributed by atoms with Gasteiger partial charge in [-0.2, -0.15) is 0 Å². The van der Waals surface area contributed by atoms with Gasteiger partial charge >= 0.3 is 5.97 Å². The first kappa shape index (κ1) is 18.1. The van der Waals surface area contributed by atoms with Gasteiger partial charge in [-0.3, -0.25) is 9.69 Å². The zero-order valence-electron chi connectivity index (χ0n) is 16.0. The van der Waals surface area contributed by atoms with Gasteiger partial charge in [0.25, 0.3) is 5.91 Å². The Morgan fingerprint density at radius 1 is 1.00 bits per heavy atom. The van der Waals surface area contributed by atoms with Gasteiger partial charge in [0.05, 0.1) is 18.4 Å². The van der Waals surface area contributed by atoms with Crippen molar-refractivity contribution >= 4 is 17.6 Å². The lowest BCUT2D eigenvalue weighted by Crippen LogP contribution is -2.41. The molecule has 0 radical (unpaired) electrons. The summed E-state index contributed by atoms with van der Waals surface area (Å²) in [5, 5.41) is 0. The largest absolute Gasteiger partial charge is 0.497 e. The molecule has 0 N–H and O–H groups in total. The predicted molar refractivity (Wildman–Crippen MR) is 107 cm³/mol. The van der Waals surface area contributed by atoms with Gasteiger partial charge in [0, 0.05) is 11.1 Å². The van der Waals surface area contributed by atoms with Gasteiger partial charge in [-0.25, -0.2) is 4.79 Å². The summed E-state index contributed by atoms with van der Waals surface area (Å²) in [6.07, 6.45) is -0.948. The fraction of sp³-hybridized carbons (Fsp3) is 0.130. The first-order chi connectivity index (χ1) is 14.7. The summed E-state index contributed by atoms with van der Waals surface area (Å²) in [4.78, 5) is 27.7. The molecule has 2 heterocycles. The van der Waals surface area contributed by atoms with E-state index in [1.54, 1.807) is 73.8 Å². The van der Waals surface area contributed by atoms with Crippen molar-refractivity contribution in [2.75, 3.05) is 18.8 Å². The second kappa shape index (κ2) is 7.11. The monoisotopic (exact) mass is 403 g/mol. The summed E-state index contributed by atoms with van der Waals surface area (Å²) in [7, 11) is 1.56. The van der Waals surface area contributed by atoms with Gasteiger partial charge in [-0.15, -0.1) is 0 Å². The number of methoxy groups -OCH3 is 1. The minimum absolute atomic E-state index is 0.126. The number of ether oxygens (including phenoxy) is 4. The highest BCUT2D eigenvalue weighted by Gasteiger charge is 2.38. The number of cyclic esters (lactones) is 1. The van der Waals surface area contributed by atoms with Crippen molar-refractivity contribution in [3.05, 3.63) is 83.4 Å². The number of esters is 1. The second-order valence-electron chi connectivity index (χ2n) is 6.79. The number of amides is 1. The van der Waals surface area contributed by atoms with Crippen LogP contribution in [-0.2, 0) is 4.74 Å². The lowest BCUT2D eigenvalue weighted by molar-refractivity contribution is 0.0248. The van der Waals surface area contributed by atoms with Crippen LogP contribution in [0.3, 0.4) is 0 Å². The highest BCUT2D eigenvalue weighted by molar-refractivity contribution is 6.11. The predicted octanol–water partition coefficient (Wildman–Crippen LogP) is 3.94. The van der Waals surface area contributed by atoms with E-state index in [-0.39, 0.29) is 12.7 Å². The Balaban J connectivity index is 1.61. The fourth-order valence-electron chi connectivity index (χ4n) is 3.57. The molecule has 0 fully saturated rings. The van der Waals surface area contributed by atoms with Crippen LogP contribution in [0, 0.1) is 0 Å². The summed E-state index contributed by atoms with van der Waals surface area (Å²) >= 11 is 0. The molecule has 5 rings (SSSR count). The Hall–Kier alpha value is -4.00. The second-order valence-corrected chi connectivity index (χ2v) is 6.79. The lowest BCUT2D eigenvalue weighted by atomic mass is 10.0. The molecule has 1 atom stereocenters. The number of benzene rings is 3. The molecule has 150 valence electrons. The summed E-state index contributed by atoms with van der Waals surface area (Å²) in [6.45, 7) is 0.126. The molecule has 3 aromatic rings. The van der Waals surface area contributed by atoms with Crippen LogP contribution in [0.1, 0.15) is 32.5 Å². The lowest BCUT2D eigenvalue weighted by Gasteiger charge is -2.36. The molecule has 30 heavy (non-hydrogen) atoms. The van der Waals surface area contributed by atoms with Crippen molar-refractivity contribution < 1.29 is 28.5 Å². The Labute approximate surface area is 172 Å². The van der Waals surface area contributed by atoms with Gasteiger partial charge in [0.2, 0.25) is 13.0 Å². The van der Waals surface area contributed by atoms with Crippen molar-refractivity contribution in [2.24, 2.45) is 0 Å². The van der Waals surface area contributed by atoms with E-state index in [0.29, 0.717) is 39.6 Å². The number of anilines is 1. The van der Waals surface area contributed by atoms with Crippen LogP contribution in [-0.4, -0.2) is 25.8 Å². The van der Waals surface area contributed by atoms with Crippen molar-refractivity contribution in [3.8, 4) is 17.2 Å². The maximum absolute atomic E-state index is 13.5. The average Bonchev–Trinajstić information content (AvgIpc) is 3.26. The van der Waals surface area contributed by atoms with Crippen molar-refractivity contribution in [2.45, 2.75) is 6.23 Å². The number of nitrogens with zero attached hydrogens (tertiary/aromatic N) is 1. The quantitative estimate of drug-likeness (QED) is 0.617. The standard InChI is InChI=1S/C23H17NO6/c1-27-16-9-6-14(7-10-16)21(25)24-18-5-3-2-4-17(18)23(26)30-22(24)15-8-11-19-20(12-15)29-13-28-19/h2-12,22H,13H2,1H3/t22-/m0/s1. The molecule has 1 amide bonds. The molecule has 0 unspecified atom stereocenters. The minimum atomic E-state index is -0.948. The molecule has 7 nitrogen and oxygen atoms in total. The van der Waals surface area contributed by atoms with E-state index in [2.05, 4.69) is 0 Å². The SMILES string of the molecule is COc1ccc(C(=O)N2c3ccccc3C(=O)O[C@H]2c2ccc3c(c2)OCO3)cc1. The Bertz CT molecular complexity index is 1140. The molecule has 3 aromatic carbocycles. The maximum atomic E-state index is 13.5. The number of para-hydroxylation sites is 1. The third kappa shape index (κ3) is 2.91. The molecule has 2 aliphatic heterocycles. The molecule has 7 heteroatoms. The number of rotatable bonds is 3. The molecule has 2 aliphatic rings. The van der Waals surface area contributed by atoms with E-state index in [1.165, 1.54) is 4.90 Å². The number of hydrogen-bond donors (Lipinski definition) is 0. The van der Waals surface area contributed by atoms with Crippen LogP contribution in [0.5, 0.6) is 17.2 Å². The highest BCUT2D eigenvalue weighted by atomic mass is 16.7. The van der Waals surface area contributed by atoms with E-state index in [0.717, 1.165) is 0 Å². The molecule has 0 bridgehead atoms. The van der Waals surface area contributed by atoms with E-state index >= 15 is 0 Å². The summed E-state index contributed by atoms with van der Waals surface area (Å²) in [6, 6.07) is 18.9. The molecule has 0 aromatic heterocycles. The first-order valence-corrected chi connectivity index (χ1v) is 9.33. The molecular formula is C23H17NO6. The number of hydrogen-bond acceptors (Lipinski definition) is 6. The van der Waals surface area contributed by atoms with E-state index < -0.39 is 12.2 Å². The molecule has 0 saturated carbocycles. The summed E-state index contributed by atoms with van der Waals surface area (Å²) < 4.78 is 21.7. The van der Waals surface area contributed by atoms with Crippen LogP contribution < -0.4 is 19.1 Å². The van der Waals surface area contributed by atoms with E-state index in [4.69, 9.17) is 18.9 Å².